The van der Waals surface area contributed by atoms with E-state index in [1.165, 1.54) is 7.11 Å². The molecule has 0 amide bonds. The van der Waals surface area contributed by atoms with E-state index in [0.29, 0.717) is 16.6 Å². The van der Waals surface area contributed by atoms with Crippen LogP contribution >= 0.6 is 0 Å². The Bertz CT molecular complexity index is 1110. The van der Waals surface area contributed by atoms with Gasteiger partial charge in [-0.15, -0.1) is 0 Å². The molecule has 6 nitrogen and oxygen atoms in total. The Labute approximate surface area is 123 Å². The van der Waals surface area contributed by atoms with Gasteiger partial charge in [-0.25, -0.2) is 4.79 Å². The maximum atomic E-state index is 12.3. The van der Waals surface area contributed by atoms with Crippen LogP contribution in [0.2, 0.25) is 0 Å². The molecule has 0 aliphatic rings. The van der Waals surface area contributed by atoms with E-state index in [4.69, 9.17) is 4.74 Å². The maximum Gasteiger partial charge on any atom is 0.337 e. The molecule has 0 aliphatic carbocycles. The molecular formula is C16H11N3O3. The zero-order chi connectivity index (χ0) is 15.3. The van der Waals surface area contributed by atoms with Crippen LogP contribution in [-0.2, 0) is 4.74 Å². The fourth-order valence-corrected chi connectivity index (χ4v) is 2.78. The van der Waals surface area contributed by atoms with Gasteiger partial charge in [-0.2, -0.15) is 0 Å². The molecule has 0 aliphatic heterocycles. The SMILES string of the molecule is COC(=O)c1ccc2c(c1)c(=O)[nH]c1[nH]c3ccncc3c12. The number of aromatic nitrogens is 3. The van der Waals surface area contributed by atoms with E-state index in [9.17, 15) is 9.59 Å². The fraction of sp³-hybridized carbons (Fsp3) is 0.0625. The molecule has 0 radical (unpaired) electrons. The summed E-state index contributed by atoms with van der Waals surface area (Å²) in [4.78, 5) is 34.1. The first-order valence-corrected chi connectivity index (χ1v) is 6.69. The molecule has 0 saturated carbocycles. The summed E-state index contributed by atoms with van der Waals surface area (Å²) in [7, 11) is 1.31. The van der Waals surface area contributed by atoms with E-state index in [2.05, 4.69) is 15.0 Å². The summed E-state index contributed by atoms with van der Waals surface area (Å²) >= 11 is 0. The molecule has 4 rings (SSSR count). The van der Waals surface area contributed by atoms with Crippen molar-refractivity contribution in [2.45, 2.75) is 0 Å². The first-order chi connectivity index (χ1) is 10.7. The minimum Gasteiger partial charge on any atom is -0.465 e. The van der Waals surface area contributed by atoms with Crippen molar-refractivity contribution >= 4 is 38.7 Å². The maximum absolute atomic E-state index is 12.3. The molecule has 4 aromatic rings. The minimum atomic E-state index is -0.470. The second-order valence-electron chi connectivity index (χ2n) is 5.00. The standard InChI is InChI=1S/C16H11N3O3/c1-22-16(21)8-2-3-9-10(6-8)15(20)19-14-13(9)11-7-17-5-4-12(11)18-14/h2-7H,1H3,(H2,18,19,20). The monoisotopic (exact) mass is 293 g/mol. The molecule has 6 heteroatoms. The van der Waals surface area contributed by atoms with Gasteiger partial charge in [0, 0.05) is 28.6 Å². The molecule has 3 aromatic heterocycles. The minimum absolute atomic E-state index is 0.257. The molecule has 0 fully saturated rings. The van der Waals surface area contributed by atoms with Gasteiger partial charge in [0.25, 0.3) is 5.56 Å². The van der Waals surface area contributed by atoms with E-state index in [1.54, 1.807) is 30.6 Å². The van der Waals surface area contributed by atoms with Crippen LogP contribution in [0.3, 0.4) is 0 Å². The fourth-order valence-electron chi connectivity index (χ4n) is 2.78. The van der Waals surface area contributed by atoms with Crippen molar-refractivity contribution < 1.29 is 9.53 Å². The molecule has 0 spiro atoms. The van der Waals surface area contributed by atoms with Gasteiger partial charge in [-0.1, -0.05) is 6.07 Å². The van der Waals surface area contributed by atoms with Crippen LogP contribution in [0.5, 0.6) is 0 Å². The normalized spacial score (nSPS) is 11.3. The Morgan fingerprint density at radius 2 is 2.00 bits per heavy atom. The summed E-state index contributed by atoms with van der Waals surface area (Å²) in [5.41, 5.74) is 1.63. The van der Waals surface area contributed by atoms with E-state index in [0.717, 1.165) is 21.7 Å². The molecule has 0 saturated heterocycles. The van der Waals surface area contributed by atoms with Crippen LogP contribution in [-0.4, -0.2) is 28.0 Å². The van der Waals surface area contributed by atoms with Crippen LogP contribution in [0, 0.1) is 0 Å². The second kappa shape index (κ2) is 4.42. The average molecular weight is 293 g/mol. The zero-order valence-electron chi connectivity index (χ0n) is 11.6. The Kier molecular flexibility index (Phi) is 2.53. The topological polar surface area (TPSA) is 87.8 Å². The lowest BCUT2D eigenvalue weighted by Crippen LogP contribution is -2.08. The Hall–Kier alpha value is -3.15. The van der Waals surface area contributed by atoms with E-state index >= 15 is 0 Å². The number of nitrogens with one attached hydrogen (secondary N) is 2. The number of hydrogen-bond donors (Lipinski definition) is 2. The number of methoxy groups -OCH3 is 1. The quantitative estimate of drug-likeness (QED) is 0.527. The third-order valence-electron chi connectivity index (χ3n) is 3.79. The van der Waals surface area contributed by atoms with Crippen molar-refractivity contribution in [3.8, 4) is 0 Å². The number of rotatable bonds is 1. The number of fused-ring (bicyclic) bond motifs is 5. The second-order valence-corrected chi connectivity index (χ2v) is 5.00. The van der Waals surface area contributed by atoms with Crippen LogP contribution in [0.1, 0.15) is 10.4 Å². The highest BCUT2D eigenvalue weighted by atomic mass is 16.5. The largest absolute Gasteiger partial charge is 0.465 e. The van der Waals surface area contributed by atoms with Crippen molar-refractivity contribution in [3.63, 3.8) is 0 Å². The zero-order valence-corrected chi connectivity index (χ0v) is 11.6. The Morgan fingerprint density at radius 3 is 2.82 bits per heavy atom. The number of H-pyrrole nitrogens is 2. The van der Waals surface area contributed by atoms with Gasteiger partial charge in [0.15, 0.2) is 0 Å². The number of carbonyl (C=O) groups is 1. The number of esters is 1. The lowest BCUT2D eigenvalue weighted by Gasteiger charge is -2.03. The van der Waals surface area contributed by atoms with Gasteiger partial charge in [0.05, 0.1) is 18.2 Å². The van der Waals surface area contributed by atoms with Gasteiger partial charge in [-0.3, -0.25) is 9.78 Å². The van der Waals surface area contributed by atoms with Crippen LogP contribution in [0.4, 0.5) is 0 Å². The van der Waals surface area contributed by atoms with Crippen molar-refractivity contribution in [1.29, 1.82) is 0 Å². The third-order valence-corrected chi connectivity index (χ3v) is 3.79. The van der Waals surface area contributed by atoms with E-state index in [-0.39, 0.29) is 5.56 Å². The van der Waals surface area contributed by atoms with E-state index in [1.807, 2.05) is 6.07 Å². The highest BCUT2D eigenvalue weighted by Gasteiger charge is 2.13. The number of carbonyl (C=O) groups excluding carboxylic acids is 1. The molecule has 108 valence electrons. The lowest BCUT2D eigenvalue weighted by molar-refractivity contribution is 0.0601. The third kappa shape index (κ3) is 1.64. The molecule has 0 bridgehead atoms. The molecule has 3 heterocycles. The van der Waals surface area contributed by atoms with Gasteiger partial charge >= 0.3 is 5.97 Å². The molecule has 0 unspecified atom stereocenters. The van der Waals surface area contributed by atoms with Gasteiger partial charge in [-0.05, 0) is 23.6 Å². The van der Waals surface area contributed by atoms with Crippen LogP contribution in [0.25, 0.3) is 32.7 Å². The summed E-state index contributed by atoms with van der Waals surface area (Å²) in [5.74, 6) is -0.470. The summed E-state index contributed by atoms with van der Waals surface area (Å²) in [6.45, 7) is 0. The molecule has 22 heavy (non-hydrogen) atoms. The number of hydrogen-bond acceptors (Lipinski definition) is 4. The first kappa shape index (κ1) is 12.6. The van der Waals surface area contributed by atoms with Crippen molar-refractivity contribution in [1.82, 2.24) is 15.0 Å². The van der Waals surface area contributed by atoms with E-state index < -0.39 is 5.97 Å². The smallest absolute Gasteiger partial charge is 0.337 e. The molecule has 1 aromatic carbocycles. The molecular weight excluding hydrogens is 282 g/mol. The van der Waals surface area contributed by atoms with Crippen molar-refractivity contribution in [2.24, 2.45) is 0 Å². The summed E-state index contributed by atoms with van der Waals surface area (Å²) in [6, 6.07) is 6.82. The summed E-state index contributed by atoms with van der Waals surface area (Å²) < 4.78 is 4.70. The molecule has 0 atom stereocenters. The van der Waals surface area contributed by atoms with Crippen molar-refractivity contribution in [2.75, 3.05) is 7.11 Å². The number of pyridine rings is 2. The predicted molar refractivity (Wildman–Crippen MR) is 83.1 cm³/mol. The lowest BCUT2D eigenvalue weighted by atomic mass is 10.0. The van der Waals surface area contributed by atoms with Gasteiger partial charge in [0.2, 0.25) is 0 Å². The average Bonchev–Trinajstić information content (AvgIpc) is 2.92. The first-order valence-electron chi connectivity index (χ1n) is 6.69. The number of aromatic amines is 2. The Balaban J connectivity index is 2.19. The number of ether oxygens (including phenoxy) is 1. The Morgan fingerprint density at radius 1 is 1.14 bits per heavy atom. The number of benzene rings is 1. The van der Waals surface area contributed by atoms with Crippen molar-refractivity contribution in [3.05, 3.63) is 52.6 Å². The molecule has 2 N–H and O–H groups in total. The summed E-state index contributed by atoms with van der Waals surface area (Å²) in [6.07, 6.45) is 3.44. The highest BCUT2D eigenvalue weighted by molar-refractivity contribution is 6.18. The van der Waals surface area contributed by atoms with Crippen LogP contribution < -0.4 is 5.56 Å². The van der Waals surface area contributed by atoms with Gasteiger partial charge in [0.1, 0.15) is 5.65 Å². The summed E-state index contributed by atoms with van der Waals surface area (Å²) in [5, 5.41) is 3.02. The predicted octanol–water partition coefficient (Wildman–Crippen LogP) is 2.34. The highest BCUT2D eigenvalue weighted by Crippen LogP contribution is 2.29. The van der Waals surface area contributed by atoms with Gasteiger partial charge < -0.3 is 14.7 Å². The number of nitrogens with zero attached hydrogens (tertiary/aromatic N) is 1. The van der Waals surface area contributed by atoms with Crippen LogP contribution in [0.15, 0.2) is 41.5 Å².